The SMILES string of the molecule is CC(c1ccccc1Cl)N(C)c1ccc(CCN)cn1. The van der Waals surface area contributed by atoms with Crippen LogP contribution in [0.3, 0.4) is 0 Å². The summed E-state index contributed by atoms with van der Waals surface area (Å²) >= 11 is 6.26. The van der Waals surface area contributed by atoms with Gasteiger partial charge in [0.05, 0.1) is 6.04 Å². The first kappa shape index (κ1) is 14.8. The van der Waals surface area contributed by atoms with Crippen molar-refractivity contribution in [2.75, 3.05) is 18.5 Å². The molecule has 0 saturated heterocycles. The maximum Gasteiger partial charge on any atom is 0.128 e. The highest BCUT2D eigenvalue weighted by molar-refractivity contribution is 6.31. The zero-order chi connectivity index (χ0) is 14.5. The number of nitrogens with zero attached hydrogens (tertiary/aromatic N) is 2. The Balaban J connectivity index is 2.18. The number of aromatic nitrogens is 1. The Morgan fingerprint density at radius 2 is 2.00 bits per heavy atom. The van der Waals surface area contributed by atoms with Gasteiger partial charge in [-0.1, -0.05) is 35.9 Å². The second-order valence-corrected chi connectivity index (χ2v) is 5.28. The fourth-order valence-corrected chi connectivity index (χ4v) is 2.45. The Bertz CT molecular complexity index is 554. The Labute approximate surface area is 125 Å². The second kappa shape index (κ2) is 6.73. The van der Waals surface area contributed by atoms with E-state index in [0.29, 0.717) is 6.54 Å². The van der Waals surface area contributed by atoms with E-state index < -0.39 is 0 Å². The third-order valence-electron chi connectivity index (χ3n) is 3.54. The van der Waals surface area contributed by atoms with Crippen LogP contribution in [0.2, 0.25) is 5.02 Å². The Morgan fingerprint density at radius 1 is 1.25 bits per heavy atom. The first-order valence-corrected chi connectivity index (χ1v) is 7.13. The molecule has 0 bridgehead atoms. The van der Waals surface area contributed by atoms with Crippen LogP contribution in [0.5, 0.6) is 0 Å². The third-order valence-corrected chi connectivity index (χ3v) is 3.88. The lowest BCUT2D eigenvalue weighted by molar-refractivity contribution is 0.728. The highest BCUT2D eigenvalue weighted by Crippen LogP contribution is 2.28. The molecule has 1 atom stereocenters. The predicted molar refractivity (Wildman–Crippen MR) is 85.3 cm³/mol. The van der Waals surface area contributed by atoms with Crippen molar-refractivity contribution >= 4 is 17.4 Å². The number of hydrogen-bond acceptors (Lipinski definition) is 3. The van der Waals surface area contributed by atoms with E-state index in [2.05, 4.69) is 22.9 Å². The van der Waals surface area contributed by atoms with Crippen molar-refractivity contribution in [1.82, 2.24) is 4.98 Å². The molecule has 0 saturated carbocycles. The molecular formula is C16H20ClN3. The van der Waals surface area contributed by atoms with Crippen molar-refractivity contribution in [2.45, 2.75) is 19.4 Å². The molecular weight excluding hydrogens is 270 g/mol. The minimum atomic E-state index is 0.163. The average molecular weight is 290 g/mol. The van der Waals surface area contributed by atoms with Gasteiger partial charge in [0.15, 0.2) is 0 Å². The van der Waals surface area contributed by atoms with E-state index in [-0.39, 0.29) is 6.04 Å². The first-order chi connectivity index (χ1) is 9.63. The summed E-state index contributed by atoms with van der Waals surface area (Å²) in [6.45, 7) is 2.77. The van der Waals surface area contributed by atoms with E-state index in [4.69, 9.17) is 17.3 Å². The van der Waals surface area contributed by atoms with Crippen molar-refractivity contribution in [2.24, 2.45) is 5.73 Å². The fourth-order valence-electron chi connectivity index (χ4n) is 2.16. The molecule has 106 valence electrons. The van der Waals surface area contributed by atoms with Crippen LogP contribution in [0.1, 0.15) is 24.1 Å². The zero-order valence-electron chi connectivity index (χ0n) is 11.9. The number of nitrogens with two attached hydrogens (primary N) is 1. The van der Waals surface area contributed by atoms with Crippen LogP contribution in [-0.2, 0) is 6.42 Å². The molecule has 2 rings (SSSR count). The summed E-state index contributed by atoms with van der Waals surface area (Å²) in [4.78, 5) is 6.62. The first-order valence-electron chi connectivity index (χ1n) is 6.75. The largest absolute Gasteiger partial charge is 0.353 e. The van der Waals surface area contributed by atoms with Crippen LogP contribution >= 0.6 is 11.6 Å². The number of anilines is 1. The maximum absolute atomic E-state index is 6.26. The molecule has 4 heteroatoms. The molecule has 1 aromatic heterocycles. The average Bonchev–Trinajstić information content (AvgIpc) is 2.47. The number of rotatable bonds is 5. The van der Waals surface area contributed by atoms with Gasteiger partial charge in [-0.15, -0.1) is 0 Å². The molecule has 0 radical (unpaired) electrons. The quantitative estimate of drug-likeness (QED) is 0.917. The van der Waals surface area contributed by atoms with Gasteiger partial charge in [0, 0.05) is 18.3 Å². The minimum absolute atomic E-state index is 0.163. The van der Waals surface area contributed by atoms with Crippen LogP contribution < -0.4 is 10.6 Å². The van der Waals surface area contributed by atoms with E-state index in [1.54, 1.807) is 0 Å². The van der Waals surface area contributed by atoms with E-state index >= 15 is 0 Å². The molecule has 0 amide bonds. The van der Waals surface area contributed by atoms with Gasteiger partial charge in [-0.2, -0.15) is 0 Å². The zero-order valence-corrected chi connectivity index (χ0v) is 12.6. The van der Waals surface area contributed by atoms with Crippen molar-refractivity contribution < 1.29 is 0 Å². The Hall–Kier alpha value is -1.58. The molecule has 0 aliphatic heterocycles. The molecule has 20 heavy (non-hydrogen) atoms. The summed E-state index contributed by atoms with van der Waals surface area (Å²) in [5, 5.41) is 0.784. The fraction of sp³-hybridized carbons (Fsp3) is 0.312. The monoisotopic (exact) mass is 289 g/mol. The molecule has 2 N–H and O–H groups in total. The van der Waals surface area contributed by atoms with Crippen molar-refractivity contribution in [1.29, 1.82) is 0 Å². The Kier molecular flexibility index (Phi) is 4.99. The number of hydrogen-bond donors (Lipinski definition) is 1. The van der Waals surface area contributed by atoms with Crippen molar-refractivity contribution in [3.8, 4) is 0 Å². The summed E-state index contributed by atoms with van der Waals surface area (Å²) in [6.07, 6.45) is 2.75. The lowest BCUT2D eigenvalue weighted by Crippen LogP contribution is -2.22. The van der Waals surface area contributed by atoms with E-state index in [0.717, 1.165) is 28.4 Å². The highest BCUT2D eigenvalue weighted by Gasteiger charge is 2.15. The maximum atomic E-state index is 6.26. The number of halogens is 1. The van der Waals surface area contributed by atoms with Gasteiger partial charge in [0.1, 0.15) is 5.82 Å². The van der Waals surface area contributed by atoms with Gasteiger partial charge in [-0.05, 0) is 43.1 Å². The van der Waals surface area contributed by atoms with E-state index in [9.17, 15) is 0 Å². The molecule has 3 nitrogen and oxygen atoms in total. The smallest absolute Gasteiger partial charge is 0.128 e. The number of pyridine rings is 1. The van der Waals surface area contributed by atoms with E-state index in [1.165, 1.54) is 0 Å². The van der Waals surface area contributed by atoms with Crippen LogP contribution in [0, 0.1) is 0 Å². The molecule has 1 aromatic carbocycles. The van der Waals surface area contributed by atoms with Crippen LogP contribution in [0.25, 0.3) is 0 Å². The molecule has 0 fully saturated rings. The predicted octanol–water partition coefficient (Wildman–Crippen LogP) is 3.43. The van der Waals surface area contributed by atoms with Crippen molar-refractivity contribution in [3.05, 3.63) is 58.7 Å². The summed E-state index contributed by atoms with van der Waals surface area (Å²) < 4.78 is 0. The number of benzene rings is 1. The topological polar surface area (TPSA) is 42.1 Å². The minimum Gasteiger partial charge on any atom is -0.353 e. The Morgan fingerprint density at radius 3 is 2.60 bits per heavy atom. The van der Waals surface area contributed by atoms with Crippen LogP contribution in [-0.4, -0.2) is 18.6 Å². The second-order valence-electron chi connectivity index (χ2n) is 4.87. The van der Waals surface area contributed by atoms with Gasteiger partial charge >= 0.3 is 0 Å². The normalized spacial score (nSPS) is 12.2. The lowest BCUT2D eigenvalue weighted by atomic mass is 10.1. The molecule has 0 aliphatic rings. The van der Waals surface area contributed by atoms with Gasteiger partial charge in [0.25, 0.3) is 0 Å². The molecule has 2 aromatic rings. The molecule has 0 spiro atoms. The van der Waals surface area contributed by atoms with Gasteiger partial charge in [-0.25, -0.2) is 4.98 Å². The van der Waals surface area contributed by atoms with Crippen LogP contribution in [0.4, 0.5) is 5.82 Å². The highest BCUT2D eigenvalue weighted by atomic mass is 35.5. The summed E-state index contributed by atoms with van der Waals surface area (Å²) in [5.41, 5.74) is 7.81. The lowest BCUT2D eigenvalue weighted by Gasteiger charge is -2.27. The van der Waals surface area contributed by atoms with Gasteiger partial charge in [-0.3, -0.25) is 0 Å². The standard InChI is InChI=1S/C16H20ClN3/c1-12(14-5-3-4-6-15(14)17)20(2)16-8-7-13(9-10-18)11-19-16/h3-8,11-12H,9-10,18H2,1-2H3. The molecule has 0 aliphatic carbocycles. The molecule has 1 unspecified atom stereocenters. The summed E-state index contributed by atoms with van der Waals surface area (Å²) in [7, 11) is 2.03. The van der Waals surface area contributed by atoms with E-state index in [1.807, 2.05) is 43.6 Å². The van der Waals surface area contributed by atoms with Crippen molar-refractivity contribution in [3.63, 3.8) is 0 Å². The van der Waals surface area contributed by atoms with Gasteiger partial charge in [0.2, 0.25) is 0 Å². The summed E-state index contributed by atoms with van der Waals surface area (Å²) in [6, 6.07) is 12.2. The van der Waals surface area contributed by atoms with Crippen LogP contribution in [0.15, 0.2) is 42.6 Å². The van der Waals surface area contributed by atoms with Gasteiger partial charge < -0.3 is 10.6 Å². The summed E-state index contributed by atoms with van der Waals surface area (Å²) in [5.74, 6) is 0.929. The third kappa shape index (κ3) is 3.30. The molecule has 1 heterocycles.